The Hall–Kier alpha value is -2.73. The number of nitrogen functional groups attached to an aromatic ring is 1. The summed E-state index contributed by atoms with van der Waals surface area (Å²) in [5.41, 5.74) is 11.5. The van der Waals surface area contributed by atoms with E-state index >= 15 is 0 Å². The van der Waals surface area contributed by atoms with Crippen molar-refractivity contribution in [2.24, 2.45) is 0 Å². The van der Waals surface area contributed by atoms with Gasteiger partial charge in [-0.15, -0.1) is 11.3 Å². The summed E-state index contributed by atoms with van der Waals surface area (Å²) in [5, 5.41) is 8.49. The van der Waals surface area contributed by atoms with E-state index in [-0.39, 0.29) is 0 Å². The van der Waals surface area contributed by atoms with Gasteiger partial charge in [0.2, 0.25) is 0 Å². The first kappa shape index (κ1) is 16.4. The lowest BCUT2D eigenvalue weighted by Gasteiger charge is -2.21. The number of aromatic nitrogens is 4. The predicted octanol–water partition coefficient (Wildman–Crippen LogP) is 5.38. The van der Waals surface area contributed by atoms with Gasteiger partial charge < -0.3 is 5.73 Å². The lowest BCUT2D eigenvalue weighted by Crippen LogP contribution is -2.06. The summed E-state index contributed by atoms with van der Waals surface area (Å²) in [5.74, 6) is 1.07. The number of hydrogen-bond acceptors (Lipinski definition) is 5. The number of aromatic amines is 1. The number of nitrogens with one attached hydrogen (secondary N) is 1. The average molecular weight is 376 g/mol. The molecule has 0 aliphatic heterocycles. The van der Waals surface area contributed by atoms with E-state index in [0.717, 1.165) is 31.9 Å². The molecule has 0 bridgehead atoms. The zero-order chi connectivity index (χ0) is 18.2. The molecule has 0 radical (unpaired) electrons. The molecule has 1 aromatic carbocycles. The van der Waals surface area contributed by atoms with Crippen molar-refractivity contribution in [1.29, 1.82) is 0 Å². The van der Waals surface area contributed by atoms with Crippen LogP contribution in [-0.2, 0) is 0 Å². The Morgan fingerprint density at radius 3 is 2.74 bits per heavy atom. The van der Waals surface area contributed by atoms with E-state index in [4.69, 9.17) is 10.7 Å². The number of H-pyrrole nitrogens is 1. The van der Waals surface area contributed by atoms with Crippen molar-refractivity contribution in [3.8, 4) is 21.7 Å². The van der Waals surface area contributed by atoms with Gasteiger partial charge in [-0.3, -0.25) is 5.10 Å². The molecule has 4 aromatic rings. The Morgan fingerprint density at radius 1 is 1.04 bits per heavy atom. The molecule has 1 aliphatic carbocycles. The van der Waals surface area contributed by atoms with Crippen LogP contribution in [0, 0.1) is 0 Å². The van der Waals surface area contributed by atoms with E-state index < -0.39 is 0 Å². The van der Waals surface area contributed by atoms with Crippen LogP contribution in [0.4, 0.5) is 5.82 Å². The van der Waals surface area contributed by atoms with Crippen molar-refractivity contribution < 1.29 is 0 Å². The summed E-state index contributed by atoms with van der Waals surface area (Å²) in [6.45, 7) is 0. The second-order valence-electron chi connectivity index (χ2n) is 7.18. The molecular formula is C21H21N5S. The Bertz CT molecular complexity index is 1060. The highest BCUT2D eigenvalue weighted by Crippen LogP contribution is 2.39. The third-order valence-corrected chi connectivity index (χ3v) is 6.51. The molecule has 136 valence electrons. The largest absolute Gasteiger partial charge is 0.383 e. The van der Waals surface area contributed by atoms with Crippen molar-refractivity contribution in [3.05, 3.63) is 48.4 Å². The fourth-order valence-electron chi connectivity index (χ4n) is 4.01. The fraction of sp³-hybridized carbons (Fsp3) is 0.286. The number of rotatable bonds is 3. The summed E-state index contributed by atoms with van der Waals surface area (Å²) in [6.07, 6.45) is 10.1. The number of fused-ring (bicyclic) bond motifs is 1. The fourth-order valence-corrected chi connectivity index (χ4v) is 5.00. The first-order valence-electron chi connectivity index (χ1n) is 9.44. The molecule has 3 heterocycles. The van der Waals surface area contributed by atoms with Crippen LogP contribution in [0.3, 0.4) is 0 Å². The van der Waals surface area contributed by atoms with Crippen molar-refractivity contribution in [2.45, 2.75) is 38.0 Å². The van der Waals surface area contributed by atoms with Crippen LogP contribution in [0.25, 0.3) is 31.9 Å². The third kappa shape index (κ3) is 3.00. The van der Waals surface area contributed by atoms with Crippen LogP contribution in [0.1, 0.15) is 43.7 Å². The maximum Gasteiger partial charge on any atom is 0.133 e. The maximum atomic E-state index is 6.21. The van der Waals surface area contributed by atoms with Crippen molar-refractivity contribution >= 4 is 27.4 Å². The molecule has 0 unspecified atom stereocenters. The highest BCUT2D eigenvalue weighted by Gasteiger charge is 2.22. The smallest absolute Gasteiger partial charge is 0.133 e. The van der Waals surface area contributed by atoms with Gasteiger partial charge in [0.05, 0.1) is 22.0 Å². The summed E-state index contributed by atoms with van der Waals surface area (Å²) >= 11 is 1.65. The molecule has 0 atom stereocenters. The quantitative estimate of drug-likeness (QED) is 0.504. The molecule has 1 aliphatic rings. The van der Waals surface area contributed by atoms with Crippen LogP contribution in [0.2, 0.25) is 0 Å². The van der Waals surface area contributed by atoms with Crippen LogP contribution >= 0.6 is 11.3 Å². The highest BCUT2D eigenvalue weighted by atomic mass is 32.1. The first-order valence-corrected chi connectivity index (χ1v) is 10.3. The Kier molecular flexibility index (Phi) is 4.13. The second-order valence-corrected chi connectivity index (χ2v) is 8.21. The lowest BCUT2D eigenvalue weighted by atomic mass is 9.84. The molecule has 6 heteroatoms. The predicted molar refractivity (Wildman–Crippen MR) is 111 cm³/mol. The van der Waals surface area contributed by atoms with Gasteiger partial charge in [0.25, 0.3) is 0 Å². The van der Waals surface area contributed by atoms with E-state index in [1.807, 2.05) is 30.6 Å². The molecule has 0 amide bonds. The van der Waals surface area contributed by atoms with Gasteiger partial charge >= 0.3 is 0 Å². The number of anilines is 1. The number of pyridine rings is 1. The minimum Gasteiger partial charge on any atom is -0.383 e. The van der Waals surface area contributed by atoms with Gasteiger partial charge in [-0.25, -0.2) is 9.97 Å². The highest BCUT2D eigenvalue weighted by molar-refractivity contribution is 7.21. The monoisotopic (exact) mass is 375 g/mol. The van der Waals surface area contributed by atoms with Crippen molar-refractivity contribution in [2.75, 3.05) is 5.73 Å². The summed E-state index contributed by atoms with van der Waals surface area (Å²) in [6, 6.07) is 10.3. The third-order valence-electron chi connectivity index (χ3n) is 5.44. The Labute approximate surface area is 161 Å². The zero-order valence-corrected chi connectivity index (χ0v) is 15.8. The molecule has 0 spiro atoms. The van der Waals surface area contributed by atoms with E-state index in [1.165, 1.54) is 37.8 Å². The van der Waals surface area contributed by atoms with E-state index in [2.05, 4.69) is 27.3 Å². The van der Waals surface area contributed by atoms with Gasteiger partial charge in [-0.05, 0) is 31.0 Å². The van der Waals surface area contributed by atoms with Crippen LogP contribution in [0.15, 0.2) is 42.7 Å². The second kappa shape index (κ2) is 6.78. The number of thiazole rings is 1. The molecule has 3 aromatic heterocycles. The van der Waals surface area contributed by atoms with E-state index in [0.29, 0.717) is 11.7 Å². The number of benzene rings is 1. The first-order chi connectivity index (χ1) is 13.3. The van der Waals surface area contributed by atoms with E-state index in [1.54, 1.807) is 11.3 Å². The molecule has 27 heavy (non-hydrogen) atoms. The van der Waals surface area contributed by atoms with Crippen molar-refractivity contribution in [1.82, 2.24) is 20.2 Å². The molecular weight excluding hydrogens is 354 g/mol. The van der Waals surface area contributed by atoms with Crippen molar-refractivity contribution in [3.63, 3.8) is 0 Å². The number of para-hydroxylation sites is 1. The average Bonchev–Trinajstić information content (AvgIpc) is 3.36. The number of nitrogens with zero attached hydrogens (tertiary/aromatic N) is 3. The summed E-state index contributed by atoms with van der Waals surface area (Å²) in [7, 11) is 0. The number of nitrogens with two attached hydrogens (primary N) is 1. The minimum atomic E-state index is 0.514. The Balaban J connectivity index is 1.57. The lowest BCUT2D eigenvalue weighted by molar-refractivity contribution is 0.437. The van der Waals surface area contributed by atoms with Crippen LogP contribution in [-0.4, -0.2) is 20.2 Å². The summed E-state index contributed by atoms with van der Waals surface area (Å²) < 4.78 is 1.16. The van der Waals surface area contributed by atoms with E-state index in [9.17, 15) is 0 Å². The zero-order valence-electron chi connectivity index (χ0n) is 15.0. The molecule has 5 nitrogen and oxygen atoms in total. The standard InChI is InChI=1S/C21H21N5S/c22-20-15(21-25-17-8-4-5-9-18(17)27-21)10-14(11-23-20)16-12-24-26-19(16)13-6-2-1-3-7-13/h4-5,8-13H,1-3,6-7H2,(H2,22,23)(H,24,26). The normalized spacial score (nSPS) is 15.4. The van der Waals surface area contributed by atoms with Gasteiger partial charge in [0, 0.05) is 28.9 Å². The molecule has 1 fully saturated rings. The van der Waals surface area contributed by atoms with Gasteiger partial charge in [-0.1, -0.05) is 31.4 Å². The topological polar surface area (TPSA) is 80.5 Å². The van der Waals surface area contributed by atoms with Gasteiger partial charge in [-0.2, -0.15) is 5.10 Å². The molecule has 1 saturated carbocycles. The minimum absolute atomic E-state index is 0.514. The van der Waals surface area contributed by atoms with Gasteiger partial charge in [0.1, 0.15) is 10.8 Å². The van der Waals surface area contributed by atoms with Crippen LogP contribution in [0.5, 0.6) is 0 Å². The van der Waals surface area contributed by atoms with Crippen LogP contribution < -0.4 is 5.73 Å². The van der Waals surface area contributed by atoms with Gasteiger partial charge in [0.15, 0.2) is 0 Å². The molecule has 0 saturated heterocycles. The molecule has 3 N–H and O–H groups in total. The molecule has 5 rings (SSSR count). The summed E-state index contributed by atoms with van der Waals surface area (Å²) in [4.78, 5) is 9.22. The maximum absolute atomic E-state index is 6.21. The number of hydrogen-bond donors (Lipinski definition) is 2. The SMILES string of the molecule is Nc1ncc(-c2cn[nH]c2C2CCCCC2)cc1-c1nc2ccccc2s1. The Morgan fingerprint density at radius 2 is 1.89 bits per heavy atom.